The number of hydrogen-bond acceptors (Lipinski definition) is 3. The van der Waals surface area contributed by atoms with Gasteiger partial charge in [-0.25, -0.2) is 9.78 Å². The van der Waals surface area contributed by atoms with Crippen molar-refractivity contribution >= 4 is 17.0 Å². The van der Waals surface area contributed by atoms with E-state index in [4.69, 9.17) is 5.11 Å². The average Bonchev–Trinajstić information content (AvgIpc) is 3.12. The standard InChI is InChI=1S/C13H15N3O2/c1-16-11-6-8(13(17)18)2-5-10(11)15-12(16)7-14-9-3-4-9/h2,5-6,9,14H,3-4,7H2,1H3,(H,17,18). The fourth-order valence-corrected chi connectivity index (χ4v) is 2.05. The molecule has 1 heterocycles. The molecule has 0 radical (unpaired) electrons. The van der Waals surface area contributed by atoms with Crippen LogP contribution in [0.1, 0.15) is 29.0 Å². The minimum absolute atomic E-state index is 0.298. The summed E-state index contributed by atoms with van der Waals surface area (Å²) in [5, 5.41) is 12.4. The van der Waals surface area contributed by atoms with Crippen molar-refractivity contribution in [2.24, 2.45) is 7.05 Å². The van der Waals surface area contributed by atoms with Crippen molar-refractivity contribution in [3.05, 3.63) is 29.6 Å². The molecule has 1 aliphatic rings. The van der Waals surface area contributed by atoms with E-state index in [1.54, 1.807) is 18.2 Å². The highest BCUT2D eigenvalue weighted by atomic mass is 16.4. The monoisotopic (exact) mass is 245 g/mol. The van der Waals surface area contributed by atoms with E-state index in [0.717, 1.165) is 23.4 Å². The second-order valence-corrected chi connectivity index (χ2v) is 4.75. The van der Waals surface area contributed by atoms with E-state index in [-0.39, 0.29) is 0 Å². The Hall–Kier alpha value is -1.88. The summed E-state index contributed by atoms with van der Waals surface area (Å²) in [5.74, 6) is 0.0372. The van der Waals surface area contributed by atoms with Crippen molar-refractivity contribution in [1.82, 2.24) is 14.9 Å². The molecule has 1 saturated carbocycles. The zero-order valence-corrected chi connectivity index (χ0v) is 10.2. The van der Waals surface area contributed by atoms with Gasteiger partial charge < -0.3 is 15.0 Å². The fraction of sp³-hybridized carbons (Fsp3) is 0.385. The first-order valence-electron chi connectivity index (χ1n) is 6.07. The van der Waals surface area contributed by atoms with E-state index in [0.29, 0.717) is 11.6 Å². The lowest BCUT2D eigenvalue weighted by Gasteiger charge is -2.03. The van der Waals surface area contributed by atoms with Crippen LogP contribution in [0.25, 0.3) is 11.0 Å². The summed E-state index contributed by atoms with van der Waals surface area (Å²) in [6.45, 7) is 0.734. The molecule has 94 valence electrons. The Kier molecular flexibility index (Phi) is 2.56. The molecule has 0 spiro atoms. The molecule has 3 rings (SSSR count). The van der Waals surface area contributed by atoms with Gasteiger partial charge in [-0.2, -0.15) is 0 Å². The number of aryl methyl sites for hydroxylation is 1. The van der Waals surface area contributed by atoms with Gasteiger partial charge in [0.2, 0.25) is 0 Å². The minimum Gasteiger partial charge on any atom is -0.478 e. The van der Waals surface area contributed by atoms with E-state index in [2.05, 4.69) is 10.3 Å². The summed E-state index contributed by atoms with van der Waals surface area (Å²) in [5.41, 5.74) is 2.00. The molecule has 0 saturated heterocycles. The van der Waals surface area contributed by atoms with Crippen LogP contribution >= 0.6 is 0 Å². The Bertz CT molecular complexity index is 614. The number of aromatic carboxylic acids is 1. The lowest BCUT2D eigenvalue weighted by molar-refractivity contribution is 0.0697. The van der Waals surface area contributed by atoms with Crippen LogP contribution in [0, 0.1) is 0 Å². The van der Waals surface area contributed by atoms with Gasteiger partial charge >= 0.3 is 5.97 Å². The summed E-state index contributed by atoms with van der Waals surface area (Å²) < 4.78 is 1.96. The predicted molar refractivity (Wildman–Crippen MR) is 67.5 cm³/mol. The molecule has 1 fully saturated rings. The molecule has 0 amide bonds. The van der Waals surface area contributed by atoms with Gasteiger partial charge in [0, 0.05) is 13.1 Å². The number of carboxylic acid groups (broad SMARTS) is 1. The van der Waals surface area contributed by atoms with Crippen molar-refractivity contribution in [1.29, 1.82) is 0 Å². The molecule has 1 aliphatic carbocycles. The number of nitrogens with one attached hydrogen (secondary N) is 1. The number of carbonyl (C=O) groups is 1. The predicted octanol–water partition coefficient (Wildman–Crippen LogP) is 1.52. The molecule has 0 aliphatic heterocycles. The van der Waals surface area contributed by atoms with Crippen LogP contribution in [0.5, 0.6) is 0 Å². The molecule has 0 bridgehead atoms. The van der Waals surface area contributed by atoms with Gasteiger partial charge in [-0.15, -0.1) is 0 Å². The Morgan fingerprint density at radius 1 is 1.56 bits per heavy atom. The maximum Gasteiger partial charge on any atom is 0.335 e. The third-order valence-electron chi connectivity index (χ3n) is 3.35. The largest absolute Gasteiger partial charge is 0.478 e. The van der Waals surface area contributed by atoms with Gasteiger partial charge in [0.1, 0.15) is 5.82 Å². The number of imidazole rings is 1. The Labute approximate surface area is 104 Å². The summed E-state index contributed by atoms with van der Waals surface area (Å²) >= 11 is 0. The van der Waals surface area contributed by atoms with Gasteiger partial charge in [0.25, 0.3) is 0 Å². The van der Waals surface area contributed by atoms with Crippen LogP contribution in [0.4, 0.5) is 0 Å². The Morgan fingerprint density at radius 2 is 2.33 bits per heavy atom. The molecule has 2 aromatic rings. The topological polar surface area (TPSA) is 67.2 Å². The smallest absolute Gasteiger partial charge is 0.335 e. The Balaban J connectivity index is 1.95. The summed E-state index contributed by atoms with van der Waals surface area (Å²) in [6, 6.07) is 5.67. The summed E-state index contributed by atoms with van der Waals surface area (Å²) in [7, 11) is 1.92. The second kappa shape index (κ2) is 4.10. The molecule has 0 atom stereocenters. The quantitative estimate of drug-likeness (QED) is 0.857. The molecule has 2 N–H and O–H groups in total. The lowest BCUT2D eigenvalue weighted by Crippen LogP contribution is -2.18. The highest BCUT2D eigenvalue weighted by Gasteiger charge is 2.21. The van der Waals surface area contributed by atoms with Crippen LogP contribution in [0.2, 0.25) is 0 Å². The first-order valence-corrected chi connectivity index (χ1v) is 6.07. The van der Waals surface area contributed by atoms with Crippen LogP contribution in [-0.4, -0.2) is 26.7 Å². The van der Waals surface area contributed by atoms with E-state index in [1.807, 2.05) is 11.6 Å². The van der Waals surface area contributed by atoms with Crippen molar-refractivity contribution in [3.63, 3.8) is 0 Å². The first-order chi connectivity index (χ1) is 8.65. The third-order valence-corrected chi connectivity index (χ3v) is 3.35. The Morgan fingerprint density at radius 3 is 3.00 bits per heavy atom. The lowest BCUT2D eigenvalue weighted by atomic mass is 10.2. The maximum absolute atomic E-state index is 10.9. The fourth-order valence-electron chi connectivity index (χ4n) is 2.05. The van der Waals surface area contributed by atoms with Crippen molar-refractivity contribution < 1.29 is 9.90 Å². The maximum atomic E-state index is 10.9. The van der Waals surface area contributed by atoms with Crippen LogP contribution in [0.15, 0.2) is 18.2 Å². The van der Waals surface area contributed by atoms with Crippen molar-refractivity contribution in [2.45, 2.75) is 25.4 Å². The van der Waals surface area contributed by atoms with Gasteiger partial charge in [0.15, 0.2) is 0 Å². The molecular weight excluding hydrogens is 230 g/mol. The molecule has 18 heavy (non-hydrogen) atoms. The molecule has 0 unspecified atom stereocenters. The third kappa shape index (κ3) is 1.97. The summed E-state index contributed by atoms with van der Waals surface area (Å²) in [4.78, 5) is 15.5. The molecule has 1 aromatic carbocycles. The van der Waals surface area contributed by atoms with Crippen molar-refractivity contribution in [2.75, 3.05) is 0 Å². The van der Waals surface area contributed by atoms with Gasteiger partial charge in [0.05, 0.1) is 23.1 Å². The second-order valence-electron chi connectivity index (χ2n) is 4.75. The van der Waals surface area contributed by atoms with Crippen molar-refractivity contribution in [3.8, 4) is 0 Å². The molecule has 5 heteroatoms. The van der Waals surface area contributed by atoms with E-state index in [9.17, 15) is 4.79 Å². The number of fused-ring (bicyclic) bond motifs is 1. The van der Waals surface area contributed by atoms with Gasteiger partial charge in [-0.1, -0.05) is 0 Å². The number of hydrogen-bond donors (Lipinski definition) is 2. The van der Waals surface area contributed by atoms with E-state index >= 15 is 0 Å². The summed E-state index contributed by atoms with van der Waals surface area (Å²) in [6.07, 6.45) is 2.49. The number of rotatable bonds is 4. The number of aromatic nitrogens is 2. The van der Waals surface area contributed by atoms with E-state index in [1.165, 1.54) is 12.8 Å². The normalized spacial score (nSPS) is 15.2. The molecular formula is C13H15N3O2. The molecule has 5 nitrogen and oxygen atoms in total. The SMILES string of the molecule is Cn1c(CNC2CC2)nc2ccc(C(=O)O)cc21. The zero-order chi connectivity index (χ0) is 12.7. The van der Waals surface area contributed by atoms with E-state index < -0.39 is 5.97 Å². The first kappa shape index (κ1) is 11.2. The zero-order valence-electron chi connectivity index (χ0n) is 10.2. The minimum atomic E-state index is -0.907. The van der Waals surface area contributed by atoms with Crippen LogP contribution in [0.3, 0.4) is 0 Å². The number of nitrogens with zero attached hydrogens (tertiary/aromatic N) is 2. The highest BCUT2D eigenvalue weighted by Crippen LogP contribution is 2.21. The van der Waals surface area contributed by atoms with Gasteiger partial charge in [-0.3, -0.25) is 0 Å². The average molecular weight is 245 g/mol. The van der Waals surface area contributed by atoms with Gasteiger partial charge in [-0.05, 0) is 31.0 Å². The number of carboxylic acids is 1. The number of benzene rings is 1. The highest BCUT2D eigenvalue weighted by molar-refractivity contribution is 5.92. The van der Waals surface area contributed by atoms with Crippen LogP contribution < -0.4 is 5.32 Å². The molecule has 1 aromatic heterocycles. The van der Waals surface area contributed by atoms with Crippen LogP contribution in [-0.2, 0) is 13.6 Å².